The van der Waals surface area contributed by atoms with Crippen molar-refractivity contribution >= 4 is 33.0 Å². The molecule has 1 aliphatic rings. The third-order valence-electron chi connectivity index (χ3n) is 4.47. The quantitative estimate of drug-likeness (QED) is 0.751. The van der Waals surface area contributed by atoms with Crippen molar-refractivity contribution in [1.29, 1.82) is 0 Å². The Bertz CT molecular complexity index is 1010. The summed E-state index contributed by atoms with van der Waals surface area (Å²) in [5.41, 5.74) is -0.305. The number of anilines is 1. The van der Waals surface area contributed by atoms with E-state index in [1.165, 1.54) is 25.4 Å². The second-order valence-electron chi connectivity index (χ2n) is 6.37. The molecule has 11 heteroatoms. The lowest BCUT2D eigenvalue weighted by Gasteiger charge is -2.35. The fourth-order valence-corrected chi connectivity index (χ4v) is 4.82. The van der Waals surface area contributed by atoms with Gasteiger partial charge in [0.1, 0.15) is 15.7 Å². The van der Waals surface area contributed by atoms with E-state index >= 15 is 0 Å². The maximum atomic E-state index is 14.7. The van der Waals surface area contributed by atoms with Crippen LogP contribution in [0.25, 0.3) is 0 Å². The molecule has 0 saturated heterocycles. The highest BCUT2D eigenvalue weighted by Crippen LogP contribution is 2.44. The van der Waals surface area contributed by atoms with Crippen LogP contribution in [0.3, 0.4) is 0 Å². The minimum Gasteiger partial charge on any atom is -0.343 e. The van der Waals surface area contributed by atoms with Gasteiger partial charge in [-0.15, -0.1) is 0 Å². The van der Waals surface area contributed by atoms with Gasteiger partial charge in [-0.1, -0.05) is 11.6 Å². The molecule has 0 aliphatic heterocycles. The maximum Gasteiger partial charge on any atom is 0.275 e. The van der Waals surface area contributed by atoms with Crippen molar-refractivity contribution in [3.8, 4) is 0 Å². The summed E-state index contributed by atoms with van der Waals surface area (Å²) in [5.74, 6) is -7.48. The van der Waals surface area contributed by atoms with E-state index in [4.69, 9.17) is 11.6 Å². The number of hydrogen-bond acceptors (Lipinski definition) is 4. The summed E-state index contributed by atoms with van der Waals surface area (Å²) >= 11 is 5.71. The van der Waals surface area contributed by atoms with Crippen LogP contribution in [0.15, 0.2) is 29.4 Å². The van der Waals surface area contributed by atoms with E-state index in [-0.39, 0.29) is 23.7 Å². The van der Waals surface area contributed by atoms with Crippen LogP contribution in [0.5, 0.6) is 0 Å². The Kier molecular flexibility index (Phi) is 4.98. The predicted octanol–water partition coefficient (Wildman–Crippen LogP) is 3.28. The van der Waals surface area contributed by atoms with Crippen LogP contribution in [0.2, 0.25) is 5.15 Å². The first kappa shape index (κ1) is 19.7. The SMILES string of the molecule is Cn1cc(S(=O)(=O)CC2CCC2(F)F)c(F)c1C(=O)Nc1ccnc(Cl)c1. The van der Waals surface area contributed by atoms with Gasteiger partial charge in [-0.25, -0.2) is 26.6 Å². The lowest BCUT2D eigenvalue weighted by Crippen LogP contribution is -2.42. The van der Waals surface area contributed by atoms with Gasteiger partial charge in [0.25, 0.3) is 11.8 Å². The van der Waals surface area contributed by atoms with E-state index in [0.29, 0.717) is 0 Å². The average molecular weight is 422 g/mol. The summed E-state index contributed by atoms with van der Waals surface area (Å²) < 4.78 is 67.3. The lowest BCUT2D eigenvalue weighted by atomic mass is 9.82. The van der Waals surface area contributed by atoms with Gasteiger partial charge in [0, 0.05) is 37.5 Å². The van der Waals surface area contributed by atoms with Crippen molar-refractivity contribution in [3.63, 3.8) is 0 Å². The van der Waals surface area contributed by atoms with Gasteiger partial charge >= 0.3 is 0 Å². The summed E-state index contributed by atoms with van der Waals surface area (Å²) in [7, 11) is -3.04. The number of hydrogen-bond donors (Lipinski definition) is 1. The second kappa shape index (κ2) is 6.83. The molecule has 1 fully saturated rings. The number of sulfone groups is 1. The molecule has 1 unspecified atom stereocenters. The van der Waals surface area contributed by atoms with Crippen molar-refractivity contribution in [1.82, 2.24) is 9.55 Å². The van der Waals surface area contributed by atoms with E-state index in [9.17, 15) is 26.4 Å². The van der Waals surface area contributed by atoms with Crippen LogP contribution >= 0.6 is 11.6 Å². The molecule has 1 aliphatic carbocycles. The van der Waals surface area contributed by atoms with Gasteiger partial charge in [0.15, 0.2) is 15.7 Å². The van der Waals surface area contributed by atoms with Crippen molar-refractivity contribution in [2.45, 2.75) is 23.7 Å². The molecule has 146 valence electrons. The summed E-state index contributed by atoms with van der Waals surface area (Å²) in [5, 5.41) is 2.48. The van der Waals surface area contributed by atoms with E-state index in [1.807, 2.05) is 0 Å². The molecule has 2 aromatic heterocycles. The van der Waals surface area contributed by atoms with Gasteiger partial charge in [0.05, 0.1) is 5.75 Å². The van der Waals surface area contributed by atoms with Gasteiger partial charge in [-0.05, 0) is 18.6 Å². The standard InChI is InChI=1S/C16H15ClF3N3O3S/c1-23-7-11(27(25,26)8-9-2-4-16(9,19)20)13(18)14(23)15(24)22-10-3-5-21-12(17)6-10/h3,5-7,9H,2,4,8H2,1H3,(H,21,22,24). The first-order chi connectivity index (χ1) is 12.5. The number of amides is 1. The summed E-state index contributed by atoms with van der Waals surface area (Å²) in [6.45, 7) is 0. The Hall–Kier alpha value is -2.07. The lowest BCUT2D eigenvalue weighted by molar-refractivity contribution is -0.122. The summed E-state index contributed by atoms with van der Waals surface area (Å²) in [6, 6.07) is 2.75. The van der Waals surface area contributed by atoms with Gasteiger partial charge in [-0.2, -0.15) is 0 Å². The Morgan fingerprint density at radius 1 is 1.48 bits per heavy atom. The topological polar surface area (TPSA) is 81.1 Å². The number of pyridine rings is 1. The zero-order chi connectivity index (χ0) is 20.0. The largest absolute Gasteiger partial charge is 0.343 e. The van der Waals surface area contributed by atoms with Crippen molar-refractivity contribution in [3.05, 3.63) is 41.2 Å². The molecule has 1 saturated carbocycles. The third-order valence-corrected chi connectivity index (χ3v) is 6.47. The normalized spacial score (nSPS) is 18.8. The highest BCUT2D eigenvalue weighted by molar-refractivity contribution is 7.91. The highest BCUT2D eigenvalue weighted by atomic mass is 35.5. The Balaban J connectivity index is 1.87. The van der Waals surface area contributed by atoms with Gasteiger partial charge < -0.3 is 9.88 Å². The van der Waals surface area contributed by atoms with E-state index < -0.39 is 49.7 Å². The molecule has 27 heavy (non-hydrogen) atoms. The number of carbonyl (C=O) groups excluding carboxylic acids is 1. The monoisotopic (exact) mass is 421 g/mol. The fraction of sp³-hybridized carbons (Fsp3) is 0.375. The molecular weight excluding hydrogens is 407 g/mol. The number of aryl methyl sites for hydroxylation is 1. The van der Waals surface area contributed by atoms with Crippen molar-refractivity contribution in [2.75, 3.05) is 11.1 Å². The minimum absolute atomic E-state index is 0.0524. The molecule has 2 aromatic rings. The Morgan fingerprint density at radius 2 is 2.19 bits per heavy atom. The average Bonchev–Trinajstić information content (AvgIpc) is 2.87. The van der Waals surface area contributed by atoms with Crippen LogP contribution in [-0.2, 0) is 16.9 Å². The Labute approximate surface area is 158 Å². The molecular formula is C16H15ClF3N3O3S. The molecule has 3 rings (SSSR count). The highest BCUT2D eigenvalue weighted by Gasteiger charge is 2.50. The smallest absolute Gasteiger partial charge is 0.275 e. The van der Waals surface area contributed by atoms with Crippen molar-refractivity contribution < 1.29 is 26.4 Å². The molecule has 1 amide bonds. The van der Waals surface area contributed by atoms with Gasteiger partial charge in [-0.3, -0.25) is 4.79 Å². The number of rotatable bonds is 5. The second-order valence-corrected chi connectivity index (χ2v) is 8.76. The number of carbonyl (C=O) groups is 1. The number of nitrogens with zero attached hydrogens (tertiary/aromatic N) is 2. The minimum atomic E-state index is -4.32. The fourth-order valence-electron chi connectivity index (χ4n) is 2.84. The van der Waals surface area contributed by atoms with Crippen molar-refractivity contribution in [2.24, 2.45) is 13.0 Å². The zero-order valence-corrected chi connectivity index (χ0v) is 15.6. The molecule has 0 bridgehead atoms. The van der Waals surface area contributed by atoms with Crippen LogP contribution in [0.4, 0.5) is 18.9 Å². The summed E-state index contributed by atoms with van der Waals surface area (Å²) in [4.78, 5) is 15.3. The molecule has 1 atom stereocenters. The number of nitrogens with one attached hydrogen (secondary N) is 1. The first-order valence-corrected chi connectivity index (χ1v) is 9.92. The summed E-state index contributed by atoms with van der Waals surface area (Å²) in [6.07, 6.45) is 1.91. The predicted molar refractivity (Wildman–Crippen MR) is 92.3 cm³/mol. The molecule has 2 heterocycles. The number of alkyl halides is 2. The van der Waals surface area contributed by atoms with E-state index in [1.54, 1.807) is 0 Å². The van der Waals surface area contributed by atoms with Crippen LogP contribution in [-0.4, -0.2) is 35.6 Å². The van der Waals surface area contributed by atoms with Crippen LogP contribution in [0, 0.1) is 11.7 Å². The number of aromatic nitrogens is 2. The first-order valence-electron chi connectivity index (χ1n) is 7.89. The zero-order valence-electron chi connectivity index (χ0n) is 14.0. The maximum absolute atomic E-state index is 14.7. The van der Waals surface area contributed by atoms with E-state index in [2.05, 4.69) is 10.3 Å². The molecule has 1 N–H and O–H groups in total. The van der Waals surface area contributed by atoms with Gasteiger partial charge in [0.2, 0.25) is 0 Å². The van der Waals surface area contributed by atoms with Crippen LogP contribution in [0.1, 0.15) is 23.3 Å². The number of halogens is 4. The molecule has 0 aromatic carbocycles. The van der Waals surface area contributed by atoms with E-state index in [0.717, 1.165) is 10.8 Å². The Morgan fingerprint density at radius 3 is 2.74 bits per heavy atom. The van der Waals surface area contributed by atoms with Crippen LogP contribution < -0.4 is 5.32 Å². The molecule has 0 radical (unpaired) electrons. The molecule has 0 spiro atoms. The molecule has 6 nitrogen and oxygen atoms in total. The third kappa shape index (κ3) is 3.81.